The molecule has 0 fully saturated rings. The number of benzene rings is 2. The Morgan fingerprint density at radius 3 is 2.29 bits per heavy atom. The zero-order chi connectivity index (χ0) is 16.9. The molecule has 0 saturated heterocycles. The van der Waals surface area contributed by atoms with E-state index in [0.29, 0.717) is 22.2 Å². The highest BCUT2D eigenvalue weighted by molar-refractivity contribution is 6.30. The zero-order valence-corrected chi connectivity index (χ0v) is 14.3. The smallest absolute Gasteiger partial charge is 0.254 e. The predicted octanol–water partition coefficient (Wildman–Crippen LogP) is 4.15. The van der Waals surface area contributed by atoms with E-state index in [0.717, 1.165) is 17.7 Å². The van der Waals surface area contributed by atoms with Gasteiger partial charge in [0.15, 0.2) is 0 Å². The monoisotopic (exact) mass is 359 g/mol. The van der Waals surface area contributed by atoms with Gasteiger partial charge in [-0.3, -0.25) is 4.79 Å². The number of rotatable bonds is 5. The van der Waals surface area contributed by atoms with Crippen LogP contribution in [0.1, 0.15) is 15.9 Å². The van der Waals surface area contributed by atoms with Gasteiger partial charge in [0.25, 0.3) is 5.91 Å². The lowest BCUT2D eigenvalue weighted by Crippen LogP contribution is -2.25. The van der Waals surface area contributed by atoms with Crippen molar-refractivity contribution >= 4 is 29.1 Å². The van der Waals surface area contributed by atoms with E-state index in [9.17, 15) is 4.79 Å². The molecule has 0 aliphatic rings. The summed E-state index contributed by atoms with van der Waals surface area (Å²) in [5.74, 6) is -0.149. The lowest BCUT2D eigenvalue weighted by molar-refractivity contribution is 0.0954. The highest BCUT2D eigenvalue weighted by atomic mass is 35.5. The minimum atomic E-state index is -0.149. The SMILES string of the molecule is O=C(NCCc1ccc(Cl)cc1)c1cnn(-c2ccc(Cl)cc2)c1. The molecule has 0 spiro atoms. The van der Waals surface area contributed by atoms with Crippen molar-refractivity contribution in [1.29, 1.82) is 0 Å². The molecular weight excluding hydrogens is 345 g/mol. The first-order valence-corrected chi connectivity index (χ1v) is 8.21. The number of nitrogens with one attached hydrogen (secondary N) is 1. The zero-order valence-electron chi connectivity index (χ0n) is 12.7. The fraction of sp³-hybridized carbons (Fsp3) is 0.111. The number of hydrogen-bond donors (Lipinski definition) is 1. The van der Waals surface area contributed by atoms with Crippen molar-refractivity contribution in [3.05, 3.63) is 82.1 Å². The van der Waals surface area contributed by atoms with Crippen molar-refractivity contribution in [3.8, 4) is 5.69 Å². The maximum Gasteiger partial charge on any atom is 0.254 e. The molecule has 0 aliphatic carbocycles. The van der Waals surface area contributed by atoms with Gasteiger partial charge in [-0.25, -0.2) is 4.68 Å². The summed E-state index contributed by atoms with van der Waals surface area (Å²) in [7, 11) is 0. The van der Waals surface area contributed by atoms with E-state index in [4.69, 9.17) is 23.2 Å². The van der Waals surface area contributed by atoms with Gasteiger partial charge in [0, 0.05) is 22.8 Å². The molecule has 1 N–H and O–H groups in total. The summed E-state index contributed by atoms with van der Waals surface area (Å²) in [6, 6.07) is 14.8. The minimum Gasteiger partial charge on any atom is -0.352 e. The third-order valence-corrected chi connectivity index (χ3v) is 4.05. The fourth-order valence-corrected chi connectivity index (χ4v) is 2.50. The van der Waals surface area contributed by atoms with E-state index in [1.165, 1.54) is 0 Å². The van der Waals surface area contributed by atoms with Gasteiger partial charge in [-0.15, -0.1) is 0 Å². The van der Waals surface area contributed by atoms with Crippen LogP contribution in [-0.2, 0) is 6.42 Å². The summed E-state index contributed by atoms with van der Waals surface area (Å²) in [5, 5.41) is 8.47. The Bertz CT molecular complexity index is 826. The van der Waals surface area contributed by atoms with E-state index < -0.39 is 0 Å². The first kappa shape index (κ1) is 16.6. The van der Waals surface area contributed by atoms with Crippen molar-refractivity contribution in [3.63, 3.8) is 0 Å². The Morgan fingerprint density at radius 1 is 1.00 bits per heavy atom. The molecule has 0 saturated carbocycles. The highest BCUT2D eigenvalue weighted by Gasteiger charge is 2.09. The van der Waals surface area contributed by atoms with Gasteiger partial charge in [-0.2, -0.15) is 5.10 Å². The van der Waals surface area contributed by atoms with Crippen LogP contribution in [0.2, 0.25) is 10.0 Å². The Kier molecular flexibility index (Phi) is 5.18. The van der Waals surface area contributed by atoms with Crippen LogP contribution >= 0.6 is 23.2 Å². The average Bonchev–Trinajstić information content (AvgIpc) is 3.07. The third-order valence-electron chi connectivity index (χ3n) is 3.55. The second kappa shape index (κ2) is 7.51. The Morgan fingerprint density at radius 2 is 1.62 bits per heavy atom. The number of nitrogens with zero attached hydrogens (tertiary/aromatic N) is 2. The van der Waals surface area contributed by atoms with Crippen LogP contribution in [0, 0.1) is 0 Å². The van der Waals surface area contributed by atoms with Gasteiger partial charge in [0.1, 0.15) is 0 Å². The molecule has 24 heavy (non-hydrogen) atoms. The van der Waals surface area contributed by atoms with Crippen LogP contribution in [0.5, 0.6) is 0 Å². The van der Waals surface area contributed by atoms with Gasteiger partial charge in [-0.1, -0.05) is 35.3 Å². The molecule has 2 aromatic carbocycles. The second-order valence-electron chi connectivity index (χ2n) is 5.28. The maximum absolute atomic E-state index is 12.2. The summed E-state index contributed by atoms with van der Waals surface area (Å²) < 4.78 is 1.64. The van der Waals surface area contributed by atoms with Crippen LogP contribution in [0.4, 0.5) is 0 Å². The summed E-state index contributed by atoms with van der Waals surface area (Å²) in [6.07, 6.45) is 3.99. The summed E-state index contributed by atoms with van der Waals surface area (Å²) >= 11 is 11.7. The number of aromatic nitrogens is 2. The predicted molar refractivity (Wildman–Crippen MR) is 96.1 cm³/mol. The molecule has 3 aromatic rings. The van der Waals surface area contributed by atoms with Gasteiger partial charge in [0.05, 0.1) is 17.4 Å². The van der Waals surface area contributed by atoms with Crippen LogP contribution in [0.25, 0.3) is 5.69 Å². The van der Waals surface area contributed by atoms with Crippen molar-refractivity contribution < 1.29 is 4.79 Å². The molecule has 0 bridgehead atoms. The van der Waals surface area contributed by atoms with Crippen LogP contribution in [-0.4, -0.2) is 22.2 Å². The largest absolute Gasteiger partial charge is 0.352 e. The molecule has 0 unspecified atom stereocenters. The van der Waals surface area contributed by atoms with Gasteiger partial charge in [-0.05, 0) is 48.4 Å². The topological polar surface area (TPSA) is 46.9 Å². The summed E-state index contributed by atoms with van der Waals surface area (Å²) in [5.41, 5.74) is 2.48. The van der Waals surface area contributed by atoms with Crippen LogP contribution < -0.4 is 5.32 Å². The third kappa shape index (κ3) is 4.16. The lowest BCUT2D eigenvalue weighted by atomic mass is 10.1. The molecule has 3 rings (SSSR count). The van der Waals surface area contributed by atoms with E-state index in [2.05, 4.69) is 10.4 Å². The highest BCUT2D eigenvalue weighted by Crippen LogP contribution is 2.13. The van der Waals surface area contributed by atoms with Crippen molar-refractivity contribution in [1.82, 2.24) is 15.1 Å². The number of hydrogen-bond acceptors (Lipinski definition) is 2. The standard InChI is InChI=1S/C18H15Cl2N3O/c19-15-3-1-13(2-4-15)9-10-21-18(24)14-11-22-23(12-14)17-7-5-16(20)6-8-17/h1-8,11-12H,9-10H2,(H,21,24). The molecular formula is C18H15Cl2N3O. The maximum atomic E-state index is 12.2. The van der Waals surface area contributed by atoms with Gasteiger partial charge < -0.3 is 5.32 Å². The number of carbonyl (C=O) groups excluding carboxylic acids is 1. The molecule has 6 heteroatoms. The second-order valence-corrected chi connectivity index (χ2v) is 6.16. The molecule has 1 amide bonds. The van der Waals surface area contributed by atoms with Crippen LogP contribution in [0.15, 0.2) is 60.9 Å². The summed E-state index contributed by atoms with van der Waals surface area (Å²) in [6.45, 7) is 0.548. The molecule has 4 nitrogen and oxygen atoms in total. The lowest BCUT2D eigenvalue weighted by Gasteiger charge is -2.04. The van der Waals surface area contributed by atoms with E-state index >= 15 is 0 Å². The van der Waals surface area contributed by atoms with Crippen molar-refractivity contribution in [2.45, 2.75) is 6.42 Å². The number of amides is 1. The molecule has 0 radical (unpaired) electrons. The van der Waals surface area contributed by atoms with Crippen molar-refractivity contribution in [2.24, 2.45) is 0 Å². The average molecular weight is 360 g/mol. The molecule has 0 aliphatic heterocycles. The summed E-state index contributed by atoms with van der Waals surface area (Å²) in [4.78, 5) is 12.2. The van der Waals surface area contributed by atoms with Crippen molar-refractivity contribution in [2.75, 3.05) is 6.54 Å². The quantitative estimate of drug-likeness (QED) is 0.743. The minimum absolute atomic E-state index is 0.149. The van der Waals surface area contributed by atoms with E-state index in [1.807, 2.05) is 36.4 Å². The molecule has 1 aromatic heterocycles. The molecule has 122 valence electrons. The Hall–Kier alpha value is -2.30. The van der Waals surface area contributed by atoms with Gasteiger partial charge >= 0.3 is 0 Å². The van der Waals surface area contributed by atoms with Gasteiger partial charge in [0.2, 0.25) is 0 Å². The molecule has 1 heterocycles. The molecule has 0 atom stereocenters. The van der Waals surface area contributed by atoms with E-state index in [1.54, 1.807) is 29.2 Å². The number of halogens is 2. The first-order valence-electron chi connectivity index (χ1n) is 7.45. The first-order chi connectivity index (χ1) is 11.6. The van der Waals surface area contributed by atoms with E-state index in [-0.39, 0.29) is 5.91 Å². The Labute approximate surface area is 150 Å². The fourth-order valence-electron chi connectivity index (χ4n) is 2.25. The van der Waals surface area contributed by atoms with Crippen LogP contribution in [0.3, 0.4) is 0 Å². The number of carbonyl (C=O) groups is 1. The normalized spacial score (nSPS) is 10.6. The Balaban J connectivity index is 1.57.